The number of carboxylic acids is 1. The minimum atomic E-state index is -1.07. The van der Waals surface area contributed by atoms with E-state index in [1.807, 2.05) is 43.3 Å². The minimum absolute atomic E-state index is 0.0663. The number of carbonyl (C=O) groups is 4. The van der Waals surface area contributed by atoms with Crippen molar-refractivity contribution in [3.05, 3.63) is 65.2 Å². The van der Waals surface area contributed by atoms with Crippen LogP contribution < -0.4 is 10.1 Å². The van der Waals surface area contributed by atoms with Crippen molar-refractivity contribution in [3.63, 3.8) is 0 Å². The van der Waals surface area contributed by atoms with Crippen LogP contribution in [0.5, 0.6) is 5.75 Å². The van der Waals surface area contributed by atoms with Crippen LogP contribution in [0, 0.1) is 6.92 Å². The molecule has 1 fully saturated rings. The van der Waals surface area contributed by atoms with Crippen molar-refractivity contribution in [2.45, 2.75) is 38.9 Å². The molecule has 0 bridgehead atoms. The average molecular weight is 526 g/mol. The van der Waals surface area contributed by atoms with E-state index in [1.54, 1.807) is 33.3 Å². The number of rotatable bonds is 10. The monoisotopic (exact) mass is 525 g/mol. The van der Waals surface area contributed by atoms with Crippen LogP contribution >= 0.6 is 0 Å². The van der Waals surface area contributed by atoms with Crippen molar-refractivity contribution < 1.29 is 29.0 Å². The maximum Gasteiger partial charge on any atom is 0.333 e. The minimum Gasteiger partial charge on any atom is -0.497 e. The number of nitrogens with zero attached hydrogens (tertiary/aromatic N) is 4. The highest BCUT2D eigenvalue weighted by Crippen LogP contribution is 2.19. The zero-order chi connectivity index (χ0) is 27.8. The van der Waals surface area contributed by atoms with Gasteiger partial charge in [0.25, 0.3) is 0 Å². The van der Waals surface area contributed by atoms with Crippen molar-refractivity contribution in [2.24, 2.45) is 0 Å². The van der Waals surface area contributed by atoms with Gasteiger partial charge in [0.1, 0.15) is 18.5 Å². The second-order valence-corrected chi connectivity index (χ2v) is 9.36. The number of hydrogen-bond donors (Lipinski definition) is 2. The van der Waals surface area contributed by atoms with Crippen molar-refractivity contribution >= 4 is 23.8 Å². The van der Waals surface area contributed by atoms with E-state index in [9.17, 15) is 24.3 Å². The van der Waals surface area contributed by atoms with Gasteiger partial charge in [-0.05, 0) is 36.6 Å². The van der Waals surface area contributed by atoms with Crippen LogP contribution in [0.15, 0.2) is 48.5 Å². The molecule has 1 heterocycles. The molecule has 1 aliphatic heterocycles. The summed E-state index contributed by atoms with van der Waals surface area (Å²) in [6.07, 6.45) is -0.360. The number of amides is 4. The standard InChI is InChI=1S/C27H35N5O6/c1-19-5-7-21(8-6-19)16-29(2)26(36)23(13-14-25(34)35)31-18-32(30(3)17-24(31)33)27(37)28-15-20-9-11-22(38-4)12-10-20/h5-12,23H,13-18H2,1-4H3,(H,28,37)(H,34,35)/t23-/m0/s1. The SMILES string of the molecule is COc1ccc(CNC(=O)N2CN([C@@H](CCC(=O)O)C(=O)N(C)Cc3ccc(C)cc3)C(=O)CN2C)cc1. The number of carbonyl (C=O) groups excluding carboxylic acids is 3. The molecule has 204 valence electrons. The molecule has 0 aromatic heterocycles. The molecule has 0 spiro atoms. The third kappa shape index (κ3) is 7.45. The quantitative estimate of drug-likeness (QED) is 0.487. The highest BCUT2D eigenvalue weighted by Gasteiger charge is 2.39. The summed E-state index contributed by atoms with van der Waals surface area (Å²) in [7, 11) is 4.81. The molecule has 1 saturated heterocycles. The topological polar surface area (TPSA) is 123 Å². The summed E-state index contributed by atoms with van der Waals surface area (Å²) in [5.41, 5.74) is 2.86. The molecular formula is C27H35N5O6. The number of ether oxygens (including phenoxy) is 1. The Morgan fingerprint density at radius 1 is 1.08 bits per heavy atom. The molecule has 11 heteroatoms. The lowest BCUT2D eigenvalue weighted by Crippen LogP contribution is -2.65. The first-order chi connectivity index (χ1) is 18.1. The molecule has 38 heavy (non-hydrogen) atoms. The zero-order valence-corrected chi connectivity index (χ0v) is 22.2. The first kappa shape index (κ1) is 28.5. The Bertz CT molecular complexity index is 1140. The molecular weight excluding hydrogens is 490 g/mol. The number of benzene rings is 2. The van der Waals surface area contributed by atoms with Gasteiger partial charge < -0.3 is 25.0 Å². The van der Waals surface area contributed by atoms with Crippen molar-refractivity contribution in [3.8, 4) is 5.75 Å². The molecule has 11 nitrogen and oxygen atoms in total. The number of nitrogens with one attached hydrogen (secondary N) is 1. The number of likely N-dealkylation sites (N-methyl/N-ethyl adjacent to an activating group) is 2. The Kier molecular flexibility index (Phi) is 9.66. The number of hydrazine groups is 1. The second kappa shape index (κ2) is 12.9. The number of aryl methyl sites for hydroxylation is 1. The molecule has 0 unspecified atom stereocenters. The molecule has 0 radical (unpaired) electrons. The van der Waals surface area contributed by atoms with E-state index >= 15 is 0 Å². The number of urea groups is 1. The van der Waals surface area contributed by atoms with E-state index in [2.05, 4.69) is 5.32 Å². The van der Waals surface area contributed by atoms with Crippen LogP contribution in [-0.4, -0.2) is 89.2 Å². The highest BCUT2D eigenvalue weighted by molar-refractivity contribution is 5.89. The van der Waals surface area contributed by atoms with Gasteiger partial charge in [0.05, 0.1) is 13.7 Å². The first-order valence-electron chi connectivity index (χ1n) is 12.3. The van der Waals surface area contributed by atoms with Crippen LogP contribution in [-0.2, 0) is 27.5 Å². The Hall–Kier alpha value is -4.12. The van der Waals surface area contributed by atoms with E-state index in [4.69, 9.17) is 4.74 Å². The normalized spacial score (nSPS) is 14.7. The fourth-order valence-electron chi connectivity index (χ4n) is 4.18. The van der Waals surface area contributed by atoms with Crippen LogP contribution in [0.25, 0.3) is 0 Å². The van der Waals surface area contributed by atoms with E-state index < -0.39 is 18.0 Å². The van der Waals surface area contributed by atoms with Crippen LogP contribution in [0.4, 0.5) is 4.79 Å². The maximum absolute atomic E-state index is 13.5. The zero-order valence-electron chi connectivity index (χ0n) is 22.2. The summed E-state index contributed by atoms with van der Waals surface area (Å²) in [6.45, 7) is 2.21. The van der Waals surface area contributed by atoms with Crippen LogP contribution in [0.2, 0.25) is 0 Å². The number of hydrogen-bond acceptors (Lipinski definition) is 6. The van der Waals surface area contributed by atoms with Gasteiger partial charge in [-0.25, -0.2) is 14.8 Å². The molecule has 1 atom stereocenters. The molecule has 0 saturated carbocycles. The van der Waals surface area contributed by atoms with Gasteiger partial charge in [-0.1, -0.05) is 42.0 Å². The third-order valence-corrected chi connectivity index (χ3v) is 6.43. The number of carboxylic acid groups (broad SMARTS) is 1. The summed E-state index contributed by atoms with van der Waals surface area (Å²) in [6, 6.07) is 13.5. The van der Waals surface area contributed by atoms with E-state index in [1.165, 1.54) is 19.8 Å². The number of aliphatic carboxylic acids is 1. The van der Waals surface area contributed by atoms with Crippen LogP contribution in [0.1, 0.15) is 29.5 Å². The molecule has 1 aliphatic rings. The Labute approximate surface area is 222 Å². The fraction of sp³-hybridized carbons (Fsp3) is 0.407. The predicted octanol–water partition coefficient (Wildman–Crippen LogP) is 2.05. The Morgan fingerprint density at radius 2 is 1.71 bits per heavy atom. The van der Waals surface area contributed by atoms with Crippen molar-refractivity contribution in [1.29, 1.82) is 0 Å². The second-order valence-electron chi connectivity index (χ2n) is 9.36. The molecule has 2 N–H and O–H groups in total. The van der Waals surface area contributed by atoms with Crippen molar-refractivity contribution in [1.82, 2.24) is 25.1 Å². The van der Waals surface area contributed by atoms with Crippen LogP contribution in [0.3, 0.4) is 0 Å². The summed E-state index contributed by atoms with van der Waals surface area (Å²) in [4.78, 5) is 53.7. The highest BCUT2D eigenvalue weighted by atomic mass is 16.5. The van der Waals surface area contributed by atoms with Gasteiger partial charge in [0, 0.05) is 33.6 Å². The van der Waals surface area contributed by atoms with Crippen molar-refractivity contribution in [2.75, 3.05) is 34.4 Å². The molecule has 3 rings (SSSR count). The Morgan fingerprint density at radius 3 is 2.32 bits per heavy atom. The van der Waals surface area contributed by atoms with E-state index in [0.29, 0.717) is 12.3 Å². The molecule has 0 aliphatic carbocycles. The number of methoxy groups -OCH3 is 1. The lowest BCUT2D eigenvalue weighted by Gasteiger charge is -2.44. The summed E-state index contributed by atoms with van der Waals surface area (Å²) >= 11 is 0. The summed E-state index contributed by atoms with van der Waals surface area (Å²) < 4.78 is 5.15. The maximum atomic E-state index is 13.5. The smallest absolute Gasteiger partial charge is 0.333 e. The first-order valence-corrected chi connectivity index (χ1v) is 12.3. The predicted molar refractivity (Wildman–Crippen MR) is 140 cm³/mol. The lowest BCUT2D eigenvalue weighted by atomic mass is 10.1. The lowest BCUT2D eigenvalue weighted by molar-refractivity contribution is -0.162. The van der Waals surface area contributed by atoms with Gasteiger partial charge in [-0.3, -0.25) is 14.4 Å². The molecule has 2 aromatic carbocycles. The van der Waals surface area contributed by atoms with Gasteiger partial charge >= 0.3 is 12.0 Å². The summed E-state index contributed by atoms with van der Waals surface area (Å²) in [5, 5.41) is 14.9. The van der Waals surface area contributed by atoms with E-state index in [-0.39, 0.29) is 44.4 Å². The third-order valence-electron chi connectivity index (χ3n) is 6.43. The van der Waals surface area contributed by atoms with Gasteiger partial charge in [0.2, 0.25) is 11.8 Å². The summed E-state index contributed by atoms with van der Waals surface area (Å²) in [5.74, 6) is -1.11. The molecule has 4 amide bonds. The Balaban J connectivity index is 1.73. The van der Waals surface area contributed by atoms with Gasteiger partial charge in [-0.15, -0.1) is 0 Å². The molecule has 2 aromatic rings. The van der Waals surface area contributed by atoms with E-state index in [0.717, 1.165) is 16.7 Å². The van der Waals surface area contributed by atoms with Gasteiger partial charge in [-0.2, -0.15) is 0 Å². The van der Waals surface area contributed by atoms with Gasteiger partial charge in [0.15, 0.2) is 0 Å². The fourth-order valence-corrected chi connectivity index (χ4v) is 4.18. The largest absolute Gasteiger partial charge is 0.497 e. The average Bonchev–Trinajstić information content (AvgIpc) is 2.89.